The first-order valence-electron chi connectivity index (χ1n) is 9.95. The Morgan fingerprint density at radius 2 is 1.66 bits per heavy atom. The van der Waals surface area contributed by atoms with Crippen molar-refractivity contribution in [1.29, 1.82) is 0 Å². The van der Waals surface area contributed by atoms with Gasteiger partial charge < -0.3 is 19.3 Å². The zero-order valence-electron chi connectivity index (χ0n) is 17.0. The van der Waals surface area contributed by atoms with Crippen LogP contribution in [0, 0.1) is 5.82 Å². The van der Waals surface area contributed by atoms with Gasteiger partial charge in [-0.2, -0.15) is 0 Å². The average molecular weight is 433 g/mol. The van der Waals surface area contributed by atoms with Crippen LogP contribution in [0.1, 0.15) is 39.0 Å². The molecule has 32 heavy (non-hydrogen) atoms. The second-order valence-corrected chi connectivity index (χ2v) is 7.11. The van der Waals surface area contributed by atoms with Crippen molar-refractivity contribution in [3.63, 3.8) is 0 Å². The summed E-state index contributed by atoms with van der Waals surface area (Å²) in [5.74, 6) is -0.784. The molecule has 162 valence electrons. The Balaban J connectivity index is 1.61. The summed E-state index contributed by atoms with van der Waals surface area (Å²) in [5.41, 5.74) is 6.75. The van der Waals surface area contributed by atoms with Crippen molar-refractivity contribution in [2.24, 2.45) is 5.73 Å². The fraction of sp³-hybridized carbons (Fsp3) is 0.120. The first kappa shape index (κ1) is 21.3. The van der Waals surface area contributed by atoms with Gasteiger partial charge in [0, 0.05) is 12.5 Å². The van der Waals surface area contributed by atoms with E-state index in [0.717, 1.165) is 11.1 Å². The van der Waals surface area contributed by atoms with Crippen molar-refractivity contribution in [2.45, 2.75) is 19.6 Å². The molecule has 2 heterocycles. The average Bonchev–Trinajstić information content (AvgIpc) is 3.28. The molecule has 0 saturated carbocycles. The van der Waals surface area contributed by atoms with Crippen molar-refractivity contribution in [2.75, 3.05) is 0 Å². The molecular weight excluding hydrogens is 413 g/mol. The maximum Gasteiger partial charge on any atom is 0.267 e. The van der Waals surface area contributed by atoms with Crippen molar-refractivity contribution < 1.29 is 22.8 Å². The number of rotatable bonds is 8. The van der Waals surface area contributed by atoms with Crippen molar-refractivity contribution in [3.05, 3.63) is 123 Å². The van der Waals surface area contributed by atoms with E-state index in [1.165, 1.54) is 24.3 Å². The number of hydrogen-bond donors (Lipinski definition) is 1. The van der Waals surface area contributed by atoms with E-state index >= 15 is 0 Å². The van der Waals surface area contributed by atoms with E-state index in [1.807, 2.05) is 30.3 Å². The van der Waals surface area contributed by atoms with Gasteiger partial charge in [-0.05, 0) is 35.4 Å². The van der Waals surface area contributed by atoms with Crippen LogP contribution in [-0.4, -0.2) is 5.78 Å². The number of hydrogen-bond acceptors (Lipinski definition) is 6. The third-order valence-electron chi connectivity index (χ3n) is 4.77. The van der Waals surface area contributed by atoms with Crippen molar-refractivity contribution in [3.8, 4) is 5.75 Å². The summed E-state index contributed by atoms with van der Waals surface area (Å²) in [6, 6.07) is 19.6. The minimum atomic E-state index is -0.634. The van der Waals surface area contributed by atoms with E-state index in [-0.39, 0.29) is 42.0 Å². The van der Waals surface area contributed by atoms with Crippen LogP contribution in [0.15, 0.2) is 86.4 Å². The highest BCUT2D eigenvalue weighted by atomic mass is 19.1. The molecule has 0 saturated heterocycles. The molecule has 4 aromatic rings. The summed E-state index contributed by atoms with van der Waals surface area (Å²) in [6.07, 6.45) is 0.373. The van der Waals surface area contributed by atoms with Gasteiger partial charge >= 0.3 is 0 Å². The highest BCUT2D eigenvalue weighted by molar-refractivity contribution is 6.06. The number of carbonyl (C=O) groups is 1. The second-order valence-electron chi connectivity index (χ2n) is 7.11. The second kappa shape index (κ2) is 9.45. The summed E-state index contributed by atoms with van der Waals surface area (Å²) in [4.78, 5) is 25.7. The molecule has 0 aliphatic carbocycles. The maximum absolute atomic E-state index is 13.1. The van der Waals surface area contributed by atoms with Crippen LogP contribution >= 0.6 is 0 Å². The molecule has 7 heteroatoms. The zero-order chi connectivity index (χ0) is 22.5. The summed E-state index contributed by atoms with van der Waals surface area (Å²) in [6.45, 7) is 0.0320. The van der Waals surface area contributed by atoms with Gasteiger partial charge in [0.1, 0.15) is 23.9 Å². The molecule has 0 aliphatic heterocycles. The zero-order valence-corrected chi connectivity index (χ0v) is 17.0. The minimum absolute atomic E-state index is 0.0102. The number of ketones is 1. The van der Waals surface area contributed by atoms with E-state index in [4.69, 9.17) is 19.3 Å². The van der Waals surface area contributed by atoms with Gasteiger partial charge in [-0.25, -0.2) is 4.39 Å². The summed E-state index contributed by atoms with van der Waals surface area (Å²) in [5, 5.41) is 0. The molecule has 2 aromatic heterocycles. The summed E-state index contributed by atoms with van der Waals surface area (Å²) in [7, 11) is 0. The molecule has 0 spiro atoms. The highest BCUT2D eigenvalue weighted by Crippen LogP contribution is 2.23. The molecule has 0 unspecified atom stereocenters. The van der Waals surface area contributed by atoms with E-state index in [1.54, 1.807) is 18.2 Å². The molecule has 4 rings (SSSR count). The van der Waals surface area contributed by atoms with E-state index < -0.39 is 11.2 Å². The van der Waals surface area contributed by atoms with Gasteiger partial charge in [0.25, 0.3) is 5.78 Å². The van der Waals surface area contributed by atoms with Crippen LogP contribution < -0.4 is 15.9 Å². The molecule has 2 N–H and O–H groups in total. The maximum atomic E-state index is 13.1. The predicted octanol–water partition coefficient (Wildman–Crippen LogP) is 4.23. The fourth-order valence-corrected chi connectivity index (χ4v) is 3.16. The number of ether oxygens (including phenoxy) is 1. The third-order valence-corrected chi connectivity index (χ3v) is 4.77. The standard InChI is InChI=1S/C25H20FNO5/c26-18-8-6-16(7-9-18)12-19-10-11-22(31-19)23(29)25-24(21(28)13-20(14-27)32-25)30-15-17-4-2-1-3-5-17/h1-11,13H,12,14-15,27H2. The Labute approximate surface area is 183 Å². The lowest BCUT2D eigenvalue weighted by Crippen LogP contribution is -2.16. The molecule has 0 radical (unpaired) electrons. The Morgan fingerprint density at radius 1 is 0.906 bits per heavy atom. The molecule has 2 aromatic carbocycles. The lowest BCUT2D eigenvalue weighted by molar-refractivity contribution is 0.0968. The van der Waals surface area contributed by atoms with Gasteiger partial charge in [-0.15, -0.1) is 0 Å². The lowest BCUT2D eigenvalue weighted by atomic mass is 10.1. The van der Waals surface area contributed by atoms with Crippen LogP contribution in [0.4, 0.5) is 4.39 Å². The van der Waals surface area contributed by atoms with Gasteiger partial charge in [-0.1, -0.05) is 42.5 Å². The Bertz CT molecular complexity index is 1280. The lowest BCUT2D eigenvalue weighted by Gasteiger charge is -2.10. The first-order chi connectivity index (χ1) is 15.5. The topological polar surface area (TPSA) is 95.7 Å². The third kappa shape index (κ3) is 4.84. The number of halogens is 1. The Morgan fingerprint density at radius 3 is 2.38 bits per heavy atom. The molecule has 0 bridgehead atoms. The molecule has 6 nitrogen and oxygen atoms in total. The van der Waals surface area contributed by atoms with Crippen LogP contribution in [0.3, 0.4) is 0 Å². The van der Waals surface area contributed by atoms with Gasteiger partial charge in [0.05, 0.1) is 6.54 Å². The van der Waals surface area contributed by atoms with Crippen molar-refractivity contribution >= 4 is 5.78 Å². The van der Waals surface area contributed by atoms with Crippen molar-refractivity contribution in [1.82, 2.24) is 0 Å². The van der Waals surface area contributed by atoms with Gasteiger partial charge in [0.15, 0.2) is 5.76 Å². The largest absolute Gasteiger partial charge is 0.481 e. The Hall–Kier alpha value is -3.97. The van der Waals surface area contributed by atoms with E-state index in [0.29, 0.717) is 12.2 Å². The van der Waals surface area contributed by atoms with Gasteiger partial charge in [-0.3, -0.25) is 9.59 Å². The monoisotopic (exact) mass is 433 g/mol. The number of carbonyl (C=O) groups excluding carboxylic acids is 1. The summed E-state index contributed by atoms with van der Waals surface area (Å²) < 4.78 is 30.0. The number of furan rings is 1. The van der Waals surface area contributed by atoms with E-state index in [2.05, 4.69) is 0 Å². The molecule has 0 fully saturated rings. The highest BCUT2D eigenvalue weighted by Gasteiger charge is 2.25. The van der Waals surface area contributed by atoms with Crippen LogP contribution in [-0.2, 0) is 19.6 Å². The predicted molar refractivity (Wildman–Crippen MR) is 115 cm³/mol. The van der Waals surface area contributed by atoms with Crippen LogP contribution in [0.25, 0.3) is 0 Å². The van der Waals surface area contributed by atoms with E-state index in [9.17, 15) is 14.0 Å². The fourth-order valence-electron chi connectivity index (χ4n) is 3.16. The quantitative estimate of drug-likeness (QED) is 0.418. The summed E-state index contributed by atoms with van der Waals surface area (Å²) >= 11 is 0. The first-order valence-corrected chi connectivity index (χ1v) is 9.95. The molecule has 0 amide bonds. The smallest absolute Gasteiger partial charge is 0.267 e. The van der Waals surface area contributed by atoms with Crippen LogP contribution in [0.2, 0.25) is 0 Å². The SMILES string of the molecule is NCc1cc(=O)c(OCc2ccccc2)c(C(=O)c2ccc(Cc3ccc(F)cc3)o2)o1. The van der Waals surface area contributed by atoms with Crippen LogP contribution in [0.5, 0.6) is 5.75 Å². The minimum Gasteiger partial charge on any atom is -0.481 e. The molecule has 0 atom stereocenters. The number of nitrogens with two attached hydrogens (primary N) is 1. The number of benzene rings is 2. The molecular formula is C25H20FNO5. The normalized spacial score (nSPS) is 10.8. The molecule has 0 aliphatic rings. The Kier molecular flexibility index (Phi) is 6.28. The van der Waals surface area contributed by atoms with Gasteiger partial charge in [0.2, 0.25) is 16.9 Å².